The topological polar surface area (TPSA) is 86.9 Å². The zero-order valence-corrected chi connectivity index (χ0v) is 20.1. The van der Waals surface area contributed by atoms with Crippen LogP contribution in [0.5, 0.6) is 0 Å². The maximum absolute atomic E-state index is 13.0. The molecule has 2 aromatic carbocycles. The molecular formula is C29H30N4O3. The quantitative estimate of drug-likeness (QED) is 0.420. The van der Waals surface area contributed by atoms with Gasteiger partial charge in [-0.1, -0.05) is 42.5 Å². The number of hydrogen-bond donors (Lipinski definition) is 2. The van der Waals surface area contributed by atoms with Gasteiger partial charge in [0, 0.05) is 43.8 Å². The van der Waals surface area contributed by atoms with Crippen LogP contribution in [0, 0.1) is 0 Å². The fourth-order valence-electron chi connectivity index (χ4n) is 4.92. The Morgan fingerprint density at radius 1 is 1.00 bits per heavy atom. The molecule has 1 unspecified atom stereocenters. The standard InChI is InChI=1S/C29H30N4O3/c34-20-26(24-4-2-1-3-5-24)29(36)33-15-11-23(12-16-33)22-6-8-25(9-7-22)28(35)31-19-21-10-14-32-17-13-30-27(32)18-21/h1-10,13-14,17-18,23,26,34H,11-12,15-16,19-20H2,(H,31,35). The van der Waals surface area contributed by atoms with Gasteiger partial charge in [0.25, 0.3) is 5.91 Å². The molecule has 0 spiro atoms. The van der Waals surface area contributed by atoms with Crippen molar-refractivity contribution in [2.75, 3.05) is 19.7 Å². The third kappa shape index (κ3) is 5.16. The Morgan fingerprint density at radius 3 is 2.47 bits per heavy atom. The molecule has 0 bridgehead atoms. The summed E-state index contributed by atoms with van der Waals surface area (Å²) in [5.74, 6) is -0.291. The molecule has 2 amide bonds. The van der Waals surface area contributed by atoms with Crippen LogP contribution in [0.25, 0.3) is 5.65 Å². The second-order valence-corrected chi connectivity index (χ2v) is 9.28. The second kappa shape index (κ2) is 10.7. The average molecular weight is 483 g/mol. The van der Waals surface area contributed by atoms with Crippen LogP contribution in [-0.2, 0) is 11.3 Å². The molecule has 184 valence electrons. The van der Waals surface area contributed by atoms with Gasteiger partial charge in [-0.05, 0) is 59.7 Å². The van der Waals surface area contributed by atoms with Crippen LogP contribution in [0.15, 0.2) is 85.3 Å². The van der Waals surface area contributed by atoms with Gasteiger partial charge in [0.15, 0.2) is 0 Å². The van der Waals surface area contributed by atoms with Crippen molar-refractivity contribution in [3.8, 4) is 0 Å². The van der Waals surface area contributed by atoms with Crippen molar-refractivity contribution < 1.29 is 14.7 Å². The molecule has 1 aliphatic rings. The lowest BCUT2D eigenvalue weighted by atomic mass is 9.88. The minimum atomic E-state index is -0.512. The lowest BCUT2D eigenvalue weighted by molar-refractivity contribution is -0.134. The number of nitrogens with zero attached hydrogens (tertiary/aromatic N) is 3. The van der Waals surface area contributed by atoms with Crippen molar-refractivity contribution in [2.45, 2.75) is 31.2 Å². The molecule has 5 rings (SSSR count). The highest BCUT2D eigenvalue weighted by Gasteiger charge is 2.29. The summed E-state index contributed by atoms with van der Waals surface area (Å²) in [7, 11) is 0. The number of carbonyl (C=O) groups is 2. The number of aliphatic hydroxyl groups is 1. The number of nitrogens with one attached hydrogen (secondary N) is 1. The van der Waals surface area contributed by atoms with Crippen LogP contribution < -0.4 is 5.32 Å². The number of carbonyl (C=O) groups excluding carboxylic acids is 2. The first-order chi connectivity index (χ1) is 17.6. The Balaban J connectivity index is 1.14. The predicted molar refractivity (Wildman–Crippen MR) is 138 cm³/mol. The molecule has 2 N–H and O–H groups in total. The van der Waals surface area contributed by atoms with E-state index in [1.54, 1.807) is 6.20 Å². The van der Waals surface area contributed by atoms with Crippen LogP contribution in [0.1, 0.15) is 51.7 Å². The lowest BCUT2D eigenvalue weighted by Crippen LogP contribution is -2.41. The van der Waals surface area contributed by atoms with Crippen LogP contribution in [0.4, 0.5) is 0 Å². The fourth-order valence-corrected chi connectivity index (χ4v) is 4.92. The van der Waals surface area contributed by atoms with Crippen molar-refractivity contribution >= 4 is 17.5 Å². The number of rotatable bonds is 7. The predicted octanol–water partition coefficient (Wildman–Crippen LogP) is 3.75. The number of hydrogen-bond acceptors (Lipinski definition) is 4. The summed E-state index contributed by atoms with van der Waals surface area (Å²) in [5.41, 5.74) is 4.51. The van der Waals surface area contributed by atoms with E-state index in [9.17, 15) is 14.7 Å². The van der Waals surface area contributed by atoms with Crippen molar-refractivity contribution in [1.29, 1.82) is 0 Å². The van der Waals surface area contributed by atoms with E-state index in [2.05, 4.69) is 10.3 Å². The first-order valence-corrected chi connectivity index (χ1v) is 12.4. The van der Waals surface area contributed by atoms with Gasteiger partial charge in [-0.2, -0.15) is 0 Å². The molecule has 1 fully saturated rings. The third-order valence-electron chi connectivity index (χ3n) is 7.05. The van der Waals surface area contributed by atoms with E-state index >= 15 is 0 Å². The first kappa shape index (κ1) is 23.8. The van der Waals surface area contributed by atoms with Crippen molar-refractivity contribution in [3.05, 3.63) is 108 Å². The van der Waals surface area contributed by atoms with E-state index < -0.39 is 5.92 Å². The molecule has 0 aliphatic carbocycles. The molecular weight excluding hydrogens is 452 g/mol. The van der Waals surface area contributed by atoms with Gasteiger partial charge in [0.1, 0.15) is 5.65 Å². The van der Waals surface area contributed by atoms with E-state index in [-0.39, 0.29) is 18.4 Å². The average Bonchev–Trinajstić information content (AvgIpc) is 3.41. The van der Waals surface area contributed by atoms with Crippen LogP contribution in [0.2, 0.25) is 0 Å². The number of aliphatic hydroxyl groups excluding tert-OH is 1. The van der Waals surface area contributed by atoms with Gasteiger partial charge >= 0.3 is 0 Å². The Kier molecular flexibility index (Phi) is 7.09. The molecule has 36 heavy (non-hydrogen) atoms. The van der Waals surface area contributed by atoms with Gasteiger partial charge in [0.2, 0.25) is 5.91 Å². The van der Waals surface area contributed by atoms with Gasteiger partial charge in [-0.25, -0.2) is 4.98 Å². The van der Waals surface area contributed by atoms with E-state index in [4.69, 9.17) is 0 Å². The summed E-state index contributed by atoms with van der Waals surface area (Å²) in [6, 6.07) is 21.2. The number of likely N-dealkylation sites (tertiary alicyclic amines) is 1. The van der Waals surface area contributed by atoms with Crippen LogP contribution >= 0.6 is 0 Å². The number of pyridine rings is 1. The van der Waals surface area contributed by atoms with Crippen LogP contribution in [-0.4, -0.2) is 50.9 Å². The van der Waals surface area contributed by atoms with E-state index in [0.29, 0.717) is 31.1 Å². The molecule has 7 nitrogen and oxygen atoms in total. The fraction of sp³-hybridized carbons (Fsp3) is 0.276. The smallest absolute Gasteiger partial charge is 0.251 e. The number of benzene rings is 2. The molecule has 7 heteroatoms. The summed E-state index contributed by atoms with van der Waals surface area (Å²) in [4.78, 5) is 31.8. The van der Waals surface area contributed by atoms with Crippen molar-refractivity contribution in [2.24, 2.45) is 0 Å². The summed E-state index contributed by atoms with van der Waals surface area (Å²) in [5, 5.41) is 12.8. The van der Waals surface area contributed by atoms with Gasteiger partial charge in [0.05, 0.1) is 12.5 Å². The number of piperidine rings is 1. The van der Waals surface area contributed by atoms with Crippen molar-refractivity contribution in [1.82, 2.24) is 19.6 Å². The third-order valence-corrected chi connectivity index (χ3v) is 7.05. The molecule has 0 saturated carbocycles. The normalized spacial score (nSPS) is 15.1. The maximum Gasteiger partial charge on any atom is 0.251 e. The number of amides is 2. The Bertz CT molecular complexity index is 1330. The van der Waals surface area contributed by atoms with Gasteiger partial charge in [-0.15, -0.1) is 0 Å². The summed E-state index contributed by atoms with van der Waals surface area (Å²) < 4.78 is 1.93. The molecule has 4 aromatic rings. The number of imidazole rings is 1. The molecule has 2 aromatic heterocycles. The van der Waals surface area contributed by atoms with Crippen molar-refractivity contribution in [3.63, 3.8) is 0 Å². The highest BCUT2D eigenvalue weighted by molar-refractivity contribution is 5.94. The van der Waals surface area contributed by atoms with Gasteiger partial charge in [-0.3, -0.25) is 9.59 Å². The molecule has 1 aliphatic heterocycles. The van der Waals surface area contributed by atoms with E-state index in [1.165, 1.54) is 5.56 Å². The Labute approximate surface area is 210 Å². The van der Waals surface area contributed by atoms with E-state index in [1.807, 2.05) is 88.4 Å². The molecule has 0 radical (unpaired) electrons. The SMILES string of the molecule is O=C(NCc1ccn2ccnc2c1)c1ccc(C2CCN(C(=O)C(CO)c3ccccc3)CC2)cc1. The Hall–Kier alpha value is -3.97. The van der Waals surface area contributed by atoms with Gasteiger partial charge < -0.3 is 19.7 Å². The zero-order valence-electron chi connectivity index (χ0n) is 20.1. The monoisotopic (exact) mass is 482 g/mol. The molecule has 3 heterocycles. The minimum absolute atomic E-state index is 0.0129. The highest BCUT2D eigenvalue weighted by atomic mass is 16.3. The largest absolute Gasteiger partial charge is 0.395 e. The summed E-state index contributed by atoms with van der Waals surface area (Å²) >= 11 is 0. The Morgan fingerprint density at radius 2 is 1.75 bits per heavy atom. The minimum Gasteiger partial charge on any atom is -0.395 e. The molecule has 1 saturated heterocycles. The first-order valence-electron chi connectivity index (χ1n) is 12.4. The van der Waals surface area contributed by atoms with Crippen LogP contribution in [0.3, 0.4) is 0 Å². The maximum atomic E-state index is 13.0. The highest BCUT2D eigenvalue weighted by Crippen LogP contribution is 2.30. The summed E-state index contributed by atoms with van der Waals surface area (Å²) in [6.07, 6.45) is 7.29. The van der Waals surface area contributed by atoms with E-state index in [0.717, 1.165) is 29.6 Å². The number of aromatic nitrogens is 2. The zero-order chi connectivity index (χ0) is 24.9. The second-order valence-electron chi connectivity index (χ2n) is 9.28. The summed E-state index contributed by atoms with van der Waals surface area (Å²) in [6.45, 7) is 1.57. The number of fused-ring (bicyclic) bond motifs is 1. The molecule has 1 atom stereocenters. The lowest BCUT2D eigenvalue weighted by Gasteiger charge is -2.34.